The van der Waals surface area contributed by atoms with Gasteiger partial charge in [-0.25, -0.2) is 4.98 Å². The molecule has 1 amide bonds. The van der Waals surface area contributed by atoms with Crippen LogP contribution in [-0.2, 0) is 25.7 Å². The Morgan fingerprint density at radius 2 is 1.96 bits per heavy atom. The maximum absolute atomic E-state index is 13.0. The number of hydrogen-bond donors (Lipinski definition) is 1. The Morgan fingerprint density at radius 3 is 2.69 bits per heavy atom. The summed E-state index contributed by atoms with van der Waals surface area (Å²) in [6, 6.07) is 1.18. The molecule has 1 N–H and O–H groups in total. The molecule has 26 heavy (non-hydrogen) atoms. The number of anilines is 1. The number of alkyl halides is 3. The highest BCUT2D eigenvalue weighted by Crippen LogP contribution is 2.34. The van der Waals surface area contributed by atoms with Crippen molar-refractivity contribution < 1.29 is 18.0 Å². The highest BCUT2D eigenvalue weighted by molar-refractivity contribution is 5.99. The van der Waals surface area contributed by atoms with E-state index in [2.05, 4.69) is 15.3 Å². The Morgan fingerprint density at radius 1 is 1.19 bits per heavy atom. The van der Waals surface area contributed by atoms with Gasteiger partial charge in [0.15, 0.2) is 0 Å². The van der Waals surface area contributed by atoms with Crippen LogP contribution in [0.4, 0.5) is 19.0 Å². The number of hydrogen-bond acceptors (Lipinski definition) is 4. The number of halogens is 3. The summed E-state index contributed by atoms with van der Waals surface area (Å²) >= 11 is 0. The molecule has 2 aliphatic rings. The van der Waals surface area contributed by atoms with Crippen LogP contribution in [0.3, 0.4) is 0 Å². The molecule has 2 aromatic heterocycles. The van der Waals surface area contributed by atoms with Crippen molar-refractivity contribution in [3.05, 3.63) is 51.5 Å². The quantitative estimate of drug-likeness (QED) is 0.848. The van der Waals surface area contributed by atoms with E-state index < -0.39 is 11.7 Å². The van der Waals surface area contributed by atoms with Gasteiger partial charge in [0.1, 0.15) is 5.82 Å². The molecule has 0 atom stereocenters. The normalized spacial score (nSPS) is 16.3. The van der Waals surface area contributed by atoms with Crippen molar-refractivity contribution >= 4 is 11.7 Å². The minimum absolute atomic E-state index is 0.123. The van der Waals surface area contributed by atoms with Crippen LogP contribution in [0.1, 0.15) is 44.0 Å². The second-order valence-corrected chi connectivity index (χ2v) is 6.69. The van der Waals surface area contributed by atoms with Gasteiger partial charge in [-0.2, -0.15) is 13.2 Å². The van der Waals surface area contributed by atoms with E-state index in [0.29, 0.717) is 48.6 Å². The first kappa shape index (κ1) is 16.8. The Labute approximate surface area is 148 Å². The lowest BCUT2D eigenvalue weighted by molar-refractivity contribution is -0.137. The lowest BCUT2D eigenvalue weighted by atomic mass is 10.0. The van der Waals surface area contributed by atoms with Gasteiger partial charge in [-0.05, 0) is 36.6 Å². The van der Waals surface area contributed by atoms with Gasteiger partial charge in [-0.15, -0.1) is 0 Å². The minimum Gasteiger partial charge on any atom is -0.352 e. The van der Waals surface area contributed by atoms with Crippen molar-refractivity contribution in [1.82, 2.24) is 15.3 Å². The van der Waals surface area contributed by atoms with E-state index in [1.165, 1.54) is 6.07 Å². The van der Waals surface area contributed by atoms with Crippen LogP contribution in [0, 0.1) is 13.8 Å². The van der Waals surface area contributed by atoms with Gasteiger partial charge in [0.25, 0.3) is 5.91 Å². The highest BCUT2D eigenvalue weighted by Gasteiger charge is 2.33. The van der Waals surface area contributed by atoms with E-state index in [1.807, 2.05) is 18.7 Å². The predicted octanol–water partition coefficient (Wildman–Crippen LogP) is 2.92. The topological polar surface area (TPSA) is 58.1 Å². The van der Waals surface area contributed by atoms with Crippen molar-refractivity contribution in [3.8, 4) is 0 Å². The molecule has 2 aromatic rings. The Kier molecular flexibility index (Phi) is 3.68. The van der Waals surface area contributed by atoms with Crippen LogP contribution in [-0.4, -0.2) is 22.4 Å². The van der Waals surface area contributed by atoms with E-state index in [1.54, 1.807) is 0 Å². The maximum Gasteiger partial charge on any atom is 0.417 e. The third kappa shape index (κ3) is 2.60. The Balaban J connectivity index is 1.72. The molecule has 136 valence electrons. The fraction of sp³-hybridized carbons (Fsp3) is 0.389. The molecule has 0 saturated heterocycles. The first-order valence-electron chi connectivity index (χ1n) is 8.34. The summed E-state index contributed by atoms with van der Waals surface area (Å²) in [5.41, 5.74) is 3.59. The van der Waals surface area contributed by atoms with E-state index >= 15 is 0 Å². The summed E-state index contributed by atoms with van der Waals surface area (Å²) in [5.74, 6) is 0.600. The van der Waals surface area contributed by atoms with Crippen LogP contribution in [0.5, 0.6) is 0 Å². The van der Waals surface area contributed by atoms with Gasteiger partial charge >= 0.3 is 6.18 Å². The SMILES string of the molecule is Cc1c(N2CCc3ncc(C(F)(F)F)cc3C2)nc2c(c1C)C(=O)NC2. The number of nitrogens with zero attached hydrogens (tertiary/aromatic N) is 3. The van der Waals surface area contributed by atoms with Gasteiger partial charge < -0.3 is 10.2 Å². The first-order valence-corrected chi connectivity index (χ1v) is 8.34. The molecule has 8 heteroatoms. The lowest BCUT2D eigenvalue weighted by Gasteiger charge is -2.31. The number of aromatic nitrogens is 2. The molecule has 5 nitrogen and oxygen atoms in total. The number of carbonyl (C=O) groups excluding carboxylic acids is 1. The molecular formula is C18H17F3N4O. The van der Waals surface area contributed by atoms with Crippen LogP contribution >= 0.6 is 0 Å². The number of nitrogens with one attached hydrogen (secondary N) is 1. The summed E-state index contributed by atoms with van der Waals surface area (Å²) in [6.07, 6.45) is -2.95. The zero-order valence-electron chi connectivity index (χ0n) is 14.4. The average molecular weight is 362 g/mol. The van der Waals surface area contributed by atoms with Crippen LogP contribution in [0.25, 0.3) is 0 Å². The molecule has 2 aliphatic heterocycles. The molecule has 0 bridgehead atoms. The summed E-state index contributed by atoms with van der Waals surface area (Å²) in [4.78, 5) is 22.5. The summed E-state index contributed by atoms with van der Waals surface area (Å²) in [6.45, 7) is 5.10. The summed E-state index contributed by atoms with van der Waals surface area (Å²) < 4.78 is 38.9. The van der Waals surface area contributed by atoms with Gasteiger partial charge in [-0.1, -0.05) is 0 Å². The number of carbonyl (C=O) groups is 1. The zero-order valence-corrected chi connectivity index (χ0v) is 14.4. The monoisotopic (exact) mass is 362 g/mol. The smallest absolute Gasteiger partial charge is 0.352 e. The van der Waals surface area contributed by atoms with Crippen molar-refractivity contribution in [2.24, 2.45) is 0 Å². The molecule has 0 saturated carbocycles. The number of pyridine rings is 2. The minimum atomic E-state index is -4.41. The molecule has 4 heterocycles. The van der Waals surface area contributed by atoms with Gasteiger partial charge in [0, 0.05) is 31.4 Å². The third-order valence-electron chi connectivity index (χ3n) is 5.11. The van der Waals surface area contributed by atoms with Crippen LogP contribution in [0.15, 0.2) is 12.3 Å². The van der Waals surface area contributed by atoms with Crippen molar-refractivity contribution in [2.45, 2.75) is 39.5 Å². The van der Waals surface area contributed by atoms with E-state index in [-0.39, 0.29) is 5.91 Å². The molecule has 0 fully saturated rings. The number of fused-ring (bicyclic) bond motifs is 2. The van der Waals surface area contributed by atoms with Crippen LogP contribution < -0.4 is 10.2 Å². The maximum atomic E-state index is 13.0. The Hall–Kier alpha value is -2.64. The molecule has 4 rings (SSSR count). The Bertz CT molecular complexity index is 924. The lowest BCUT2D eigenvalue weighted by Crippen LogP contribution is -2.33. The summed E-state index contributed by atoms with van der Waals surface area (Å²) in [7, 11) is 0. The van der Waals surface area contributed by atoms with E-state index in [9.17, 15) is 18.0 Å². The fourth-order valence-corrected chi connectivity index (χ4v) is 3.59. The molecular weight excluding hydrogens is 345 g/mol. The van der Waals surface area contributed by atoms with E-state index in [4.69, 9.17) is 0 Å². The highest BCUT2D eigenvalue weighted by atomic mass is 19.4. The standard InChI is InChI=1S/C18H17F3N4O/c1-9-10(2)16(24-14-7-23-17(26)15(9)14)25-4-3-13-11(8-25)5-12(6-22-13)18(19,20)21/h5-6H,3-4,7-8H2,1-2H3,(H,23,26). The number of rotatable bonds is 1. The second kappa shape index (κ2) is 5.69. The van der Waals surface area contributed by atoms with Crippen LogP contribution in [0.2, 0.25) is 0 Å². The van der Waals surface area contributed by atoms with Gasteiger partial charge in [0.2, 0.25) is 0 Å². The summed E-state index contributed by atoms with van der Waals surface area (Å²) in [5, 5.41) is 2.77. The molecule has 0 unspecified atom stereocenters. The van der Waals surface area contributed by atoms with Crippen molar-refractivity contribution in [3.63, 3.8) is 0 Å². The third-order valence-corrected chi connectivity index (χ3v) is 5.11. The van der Waals surface area contributed by atoms with Gasteiger partial charge in [0.05, 0.1) is 23.4 Å². The second-order valence-electron chi connectivity index (χ2n) is 6.69. The largest absolute Gasteiger partial charge is 0.417 e. The molecule has 0 spiro atoms. The predicted molar refractivity (Wildman–Crippen MR) is 88.9 cm³/mol. The average Bonchev–Trinajstić information content (AvgIpc) is 2.97. The molecule has 0 aromatic carbocycles. The molecule has 0 radical (unpaired) electrons. The zero-order chi connectivity index (χ0) is 18.6. The van der Waals surface area contributed by atoms with E-state index in [0.717, 1.165) is 23.1 Å². The van der Waals surface area contributed by atoms with Crippen molar-refractivity contribution in [1.29, 1.82) is 0 Å². The van der Waals surface area contributed by atoms with Crippen molar-refractivity contribution in [2.75, 3.05) is 11.4 Å². The first-order chi connectivity index (χ1) is 12.3. The fourth-order valence-electron chi connectivity index (χ4n) is 3.59. The molecule has 0 aliphatic carbocycles. The van der Waals surface area contributed by atoms with Gasteiger partial charge in [-0.3, -0.25) is 9.78 Å². The number of amides is 1.